The number of halogens is 2. The second-order valence-electron chi connectivity index (χ2n) is 7.56. The van der Waals surface area contributed by atoms with Crippen molar-refractivity contribution in [2.45, 2.75) is 39.3 Å². The Bertz CT molecular complexity index is 861. The first kappa shape index (κ1) is 22.8. The zero-order valence-electron chi connectivity index (χ0n) is 16.6. The minimum atomic E-state index is -0.954. The Morgan fingerprint density at radius 3 is 2.28 bits per heavy atom. The predicted molar refractivity (Wildman–Crippen MR) is 117 cm³/mol. The van der Waals surface area contributed by atoms with E-state index in [2.05, 4.69) is 10.6 Å². The second-order valence-corrected chi connectivity index (χ2v) is 8.38. The topological polar surface area (TPSA) is 81.7 Å². The molecule has 0 saturated carbocycles. The first-order valence-corrected chi connectivity index (χ1v) is 9.91. The zero-order valence-corrected chi connectivity index (χ0v) is 18.1. The van der Waals surface area contributed by atoms with E-state index in [1.54, 1.807) is 24.3 Å². The fraction of sp³-hybridized carbons (Fsp3) is 0.333. The van der Waals surface area contributed by atoms with Gasteiger partial charge >= 0.3 is 12.1 Å². The molecular weight excluding hydrogens is 413 g/mol. The van der Waals surface area contributed by atoms with Crippen LogP contribution in [0.25, 0.3) is 0 Å². The molecule has 0 radical (unpaired) electrons. The average molecular weight is 438 g/mol. The molecule has 156 valence electrons. The fourth-order valence-corrected chi connectivity index (χ4v) is 3.34. The lowest BCUT2D eigenvalue weighted by Gasteiger charge is -2.33. The van der Waals surface area contributed by atoms with E-state index < -0.39 is 11.6 Å². The standard InChI is InChI=1S/C21H25Cl2N3O3/c1-21(2,3)26(20(28)29)11-10-14-6-4-7-15(12-14)25-19(27)24-13-16-17(22)8-5-9-18(16)23/h4-9,12H,10-11,13H2,1-3H3,(H,28,29)(H2,24,25,27). The number of carboxylic acid groups (broad SMARTS) is 1. The van der Waals surface area contributed by atoms with Crippen LogP contribution in [-0.4, -0.2) is 34.2 Å². The maximum Gasteiger partial charge on any atom is 0.407 e. The van der Waals surface area contributed by atoms with Gasteiger partial charge in [0.2, 0.25) is 0 Å². The Hall–Kier alpha value is -2.44. The van der Waals surface area contributed by atoms with Crippen molar-refractivity contribution in [3.8, 4) is 0 Å². The van der Waals surface area contributed by atoms with Gasteiger partial charge in [0.1, 0.15) is 0 Å². The number of hydrogen-bond donors (Lipinski definition) is 3. The van der Waals surface area contributed by atoms with E-state index >= 15 is 0 Å². The van der Waals surface area contributed by atoms with E-state index in [-0.39, 0.29) is 12.6 Å². The highest BCUT2D eigenvalue weighted by Gasteiger charge is 2.25. The van der Waals surface area contributed by atoms with Crippen LogP contribution >= 0.6 is 23.2 Å². The summed E-state index contributed by atoms with van der Waals surface area (Å²) in [5, 5.41) is 15.9. The Morgan fingerprint density at radius 2 is 1.69 bits per heavy atom. The molecule has 2 aromatic carbocycles. The molecular formula is C21H25Cl2N3O3. The molecule has 0 spiro atoms. The third-order valence-corrected chi connectivity index (χ3v) is 5.05. The van der Waals surface area contributed by atoms with E-state index in [1.165, 1.54) is 4.90 Å². The van der Waals surface area contributed by atoms with Gasteiger partial charge in [-0.25, -0.2) is 9.59 Å². The van der Waals surface area contributed by atoms with Crippen LogP contribution in [0, 0.1) is 0 Å². The molecule has 2 rings (SSSR count). The molecule has 0 fully saturated rings. The molecule has 0 atom stereocenters. The third-order valence-electron chi connectivity index (χ3n) is 4.34. The summed E-state index contributed by atoms with van der Waals surface area (Å²) in [7, 11) is 0. The number of benzene rings is 2. The van der Waals surface area contributed by atoms with Crippen molar-refractivity contribution in [1.29, 1.82) is 0 Å². The van der Waals surface area contributed by atoms with E-state index in [0.29, 0.717) is 34.3 Å². The molecule has 8 heteroatoms. The summed E-state index contributed by atoms with van der Waals surface area (Å²) in [6.07, 6.45) is -0.417. The lowest BCUT2D eigenvalue weighted by atomic mass is 10.0. The summed E-state index contributed by atoms with van der Waals surface area (Å²) in [6.45, 7) is 6.13. The van der Waals surface area contributed by atoms with Gasteiger partial charge in [0.25, 0.3) is 0 Å². The highest BCUT2D eigenvalue weighted by Crippen LogP contribution is 2.24. The molecule has 0 unspecified atom stereocenters. The van der Waals surface area contributed by atoms with Gasteiger partial charge in [-0.3, -0.25) is 0 Å². The maximum absolute atomic E-state index is 12.2. The van der Waals surface area contributed by atoms with Gasteiger partial charge in [-0.05, 0) is 57.0 Å². The van der Waals surface area contributed by atoms with Crippen LogP contribution in [0.5, 0.6) is 0 Å². The van der Waals surface area contributed by atoms with Gasteiger partial charge in [0.15, 0.2) is 0 Å². The van der Waals surface area contributed by atoms with Crippen molar-refractivity contribution in [2.75, 3.05) is 11.9 Å². The van der Waals surface area contributed by atoms with Crippen molar-refractivity contribution >= 4 is 41.0 Å². The first-order chi connectivity index (χ1) is 13.6. The second kappa shape index (κ2) is 9.85. The quantitative estimate of drug-likeness (QED) is 0.546. The highest BCUT2D eigenvalue weighted by molar-refractivity contribution is 6.36. The molecule has 6 nitrogen and oxygen atoms in total. The van der Waals surface area contributed by atoms with Crippen molar-refractivity contribution in [3.63, 3.8) is 0 Å². The normalized spacial score (nSPS) is 11.1. The summed E-state index contributed by atoms with van der Waals surface area (Å²) < 4.78 is 0. The Labute approximate surface area is 180 Å². The number of rotatable bonds is 6. The molecule has 0 aromatic heterocycles. The number of amides is 3. The van der Waals surface area contributed by atoms with Crippen LogP contribution in [0.2, 0.25) is 10.0 Å². The molecule has 0 aliphatic rings. The van der Waals surface area contributed by atoms with Gasteiger partial charge < -0.3 is 20.6 Å². The molecule has 29 heavy (non-hydrogen) atoms. The summed E-state index contributed by atoms with van der Waals surface area (Å²) in [5.74, 6) is 0. The van der Waals surface area contributed by atoms with Crippen LogP contribution in [0.15, 0.2) is 42.5 Å². The molecule has 0 heterocycles. The Kier molecular flexibility index (Phi) is 7.76. The molecule has 3 N–H and O–H groups in total. The van der Waals surface area contributed by atoms with E-state index in [9.17, 15) is 14.7 Å². The molecule has 0 bridgehead atoms. The van der Waals surface area contributed by atoms with Crippen LogP contribution in [0.1, 0.15) is 31.9 Å². The third kappa shape index (κ3) is 6.84. The predicted octanol–water partition coefficient (Wildman–Crippen LogP) is 5.64. The number of urea groups is 1. The van der Waals surface area contributed by atoms with Gasteiger partial charge in [-0.1, -0.05) is 41.4 Å². The number of nitrogens with zero attached hydrogens (tertiary/aromatic N) is 1. The maximum atomic E-state index is 12.2. The van der Waals surface area contributed by atoms with Crippen LogP contribution in [-0.2, 0) is 13.0 Å². The van der Waals surface area contributed by atoms with Gasteiger partial charge in [-0.2, -0.15) is 0 Å². The monoisotopic (exact) mass is 437 g/mol. The fourth-order valence-electron chi connectivity index (χ4n) is 2.81. The number of hydrogen-bond acceptors (Lipinski definition) is 2. The Balaban J connectivity index is 1.95. The van der Waals surface area contributed by atoms with Crippen molar-refractivity contribution in [2.24, 2.45) is 0 Å². The van der Waals surface area contributed by atoms with E-state index in [1.807, 2.05) is 39.0 Å². The summed E-state index contributed by atoms with van der Waals surface area (Å²) in [6, 6.07) is 12.1. The molecule has 2 aromatic rings. The number of nitrogens with one attached hydrogen (secondary N) is 2. The van der Waals surface area contributed by atoms with E-state index in [0.717, 1.165) is 5.56 Å². The molecule has 0 aliphatic heterocycles. The molecule has 0 saturated heterocycles. The van der Waals surface area contributed by atoms with Crippen molar-refractivity contribution in [3.05, 3.63) is 63.6 Å². The smallest absolute Gasteiger partial charge is 0.407 e. The van der Waals surface area contributed by atoms with Crippen LogP contribution < -0.4 is 10.6 Å². The first-order valence-electron chi connectivity index (χ1n) is 9.15. The van der Waals surface area contributed by atoms with Gasteiger partial charge in [0, 0.05) is 39.9 Å². The largest absolute Gasteiger partial charge is 0.465 e. The van der Waals surface area contributed by atoms with Gasteiger partial charge in [0.05, 0.1) is 0 Å². The number of carbonyl (C=O) groups excluding carboxylic acids is 1. The molecule has 0 aliphatic carbocycles. The SMILES string of the molecule is CC(C)(C)N(CCc1cccc(NC(=O)NCc2c(Cl)cccc2Cl)c1)C(=O)O. The van der Waals surface area contributed by atoms with Gasteiger partial charge in [-0.15, -0.1) is 0 Å². The minimum absolute atomic E-state index is 0.198. The lowest BCUT2D eigenvalue weighted by Crippen LogP contribution is -2.45. The van der Waals surface area contributed by atoms with Crippen molar-refractivity contribution < 1.29 is 14.7 Å². The molecule has 3 amide bonds. The van der Waals surface area contributed by atoms with Crippen molar-refractivity contribution in [1.82, 2.24) is 10.2 Å². The lowest BCUT2D eigenvalue weighted by molar-refractivity contribution is 0.101. The zero-order chi connectivity index (χ0) is 21.6. The summed E-state index contributed by atoms with van der Waals surface area (Å²) in [4.78, 5) is 25.1. The van der Waals surface area contributed by atoms with E-state index in [4.69, 9.17) is 23.2 Å². The van der Waals surface area contributed by atoms with Crippen LogP contribution in [0.4, 0.5) is 15.3 Å². The number of anilines is 1. The Morgan fingerprint density at radius 1 is 1.07 bits per heavy atom. The minimum Gasteiger partial charge on any atom is -0.465 e. The average Bonchev–Trinajstić information content (AvgIpc) is 2.60. The summed E-state index contributed by atoms with van der Waals surface area (Å²) in [5.41, 5.74) is 1.70. The summed E-state index contributed by atoms with van der Waals surface area (Å²) >= 11 is 12.2. The van der Waals surface area contributed by atoms with Crippen LogP contribution in [0.3, 0.4) is 0 Å². The highest BCUT2D eigenvalue weighted by atomic mass is 35.5. The number of carbonyl (C=O) groups is 2.